The van der Waals surface area contributed by atoms with E-state index < -0.39 is 0 Å². The highest BCUT2D eigenvalue weighted by molar-refractivity contribution is 5.98. The molecule has 2 fully saturated rings. The van der Waals surface area contributed by atoms with E-state index in [0.29, 0.717) is 23.0 Å². The number of anilines is 1. The van der Waals surface area contributed by atoms with Gasteiger partial charge in [0.1, 0.15) is 11.5 Å². The molecule has 4 heterocycles. The topological polar surface area (TPSA) is 96.8 Å². The Balaban J connectivity index is 1.42. The zero-order valence-electron chi connectivity index (χ0n) is 17.0. The number of carbonyl (C=O) groups is 1. The highest BCUT2D eigenvalue weighted by Gasteiger charge is 2.47. The molecule has 1 N–H and O–H groups in total. The van der Waals surface area contributed by atoms with Gasteiger partial charge in [-0.25, -0.2) is 15.0 Å². The van der Waals surface area contributed by atoms with Gasteiger partial charge in [0.2, 0.25) is 0 Å². The minimum Gasteiger partial charge on any atom is -0.364 e. The molecule has 1 saturated carbocycles. The smallest absolute Gasteiger partial charge is 0.273 e. The molecule has 0 spiro atoms. The van der Waals surface area contributed by atoms with Crippen molar-refractivity contribution in [2.75, 3.05) is 11.9 Å². The van der Waals surface area contributed by atoms with Crippen LogP contribution in [0.25, 0.3) is 11.4 Å². The molecule has 3 aromatic heterocycles. The molecule has 3 aromatic rings. The SMILES string of the molecule is Cc1ccc(NC2CC3CC2N(C(=O)c2nc(C)ccc2-c2ncccn2)C3)nn1. The second kappa shape index (κ2) is 7.44. The van der Waals surface area contributed by atoms with E-state index in [2.05, 4.69) is 30.5 Å². The molecule has 0 radical (unpaired) electrons. The van der Waals surface area contributed by atoms with Crippen molar-refractivity contribution in [1.29, 1.82) is 0 Å². The molecular weight excluding hydrogens is 378 g/mol. The summed E-state index contributed by atoms with van der Waals surface area (Å²) in [5, 5.41) is 11.8. The summed E-state index contributed by atoms with van der Waals surface area (Å²) in [6.45, 7) is 4.56. The minimum absolute atomic E-state index is 0.0601. The largest absolute Gasteiger partial charge is 0.364 e. The van der Waals surface area contributed by atoms with Crippen LogP contribution in [-0.2, 0) is 0 Å². The predicted molar refractivity (Wildman–Crippen MR) is 112 cm³/mol. The Morgan fingerprint density at radius 1 is 1.03 bits per heavy atom. The minimum atomic E-state index is -0.0601. The average Bonchev–Trinajstić information content (AvgIpc) is 3.36. The molecule has 2 aliphatic rings. The van der Waals surface area contributed by atoms with Crippen LogP contribution in [0.2, 0.25) is 0 Å². The van der Waals surface area contributed by atoms with Crippen LogP contribution >= 0.6 is 0 Å². The summed E-state index contributed by atoms with van der Waals surface area (Å²) < 4.78 is 0. The number of amides is 1. The first-order valence-corrected chi connectivity index (χ1v) is 10.2. The second-order valence-electron chi connectivity index (χ2n) is 8.09. The van der Waals surface area contributed by atoms with Gasteiger partial charge in [0.15, 0.2) is 5.82 Å². The van der Waals surface area contributed by atoms with Gasteiger partial charge in [-0.15, -0.1) is 5.10 Å². The summed E-state index contributed by atoms with van der Waals surface area (Å²) in [7, 11) is 0. The van der Waals surface area contributed by atoms with Gasteiger partial charge in [0.25, 0.3) is 5.91 Å². The van der Waals surface area contributed by atoms with Gasteiger partial charge in [-0.1, -0.05) is 0 Å². The van der Waals surface area contributed by atoms with E-state index in [-0.39, 0.29) is 18.0 Å². The normalized spacial score (nSPS) is 22.3. The van der Waals surface area contributed by atoms with Crippen LogP contribution in [0.3, 0.4) is 0 Å². The molecule has 2 bridgehead atoms. The van der Waals surface area contributed by atoms with Gasteiger partial charge >= 0.3 is 0 Å². The maximum atomic E-state index is 13.6. The Labute approximate surface area is 174 Å². The zero-order valence-corrected chi connectivity index (χ0v) is 17.0. The summed E-state index contributed by atoms with van der Waals surface area (Å²) in [5.74, 6) is 1.69. The van der Waals surface area contributed by atoms with Crippen molar-refractivity contribution in [3.63, 3.8) is 0 Å². The number of pyridine rings is 1. The number of carbonyl (C=O) groups excluding carboxylic acids is 1. The highest BCUT2D eigenvalue weighted by Crippen LogP contribution is 2.40. The number of hydrogen-bond donors (Lipinski definition) is 1. The Morgan fingerprint density at radius 3 is 2.57 bits per heavy atom. The Bertz CT molecular complexity index is 1070. The molecule has 0 aromatic carbocycles. The number of piperidine rings is 1. The third kappa shape index (κ3) is 3.38. The molecule has 3 atom stereocenters. The fraction of sp³-hybridized carbons (Fsp3) is 0.364. The van der Waals surface area contributed by atoms with Crippen LogP contribution in [0.5, 0.6) is 0 Å². The van der Waals surface area contributed by atoms with Crippen molar-refractivity contribution < 1.29 is 4.79 Å². The zero-order chi connectivity index (χ0) is 20.7. The summed E-state index contributed by atoms with van der Waals surface area (Å²) >= 11 is 0. The molecule has 152 valence electrons. The number of aryl methyl sites for hydroxylation is 2. The second-order valence-corrected chi connectivity index (χ2v) is 8.09. The van der Waals surface area contributed by atoms with Crippen LogP contribution in [0.15, 0.2) is 42.7 Å². The molecule has 1 amide bonds. The van der Waals surface area contributed by atoms with Crippen LogP contribution in [0, 0.1) is 19.8 Å². The maximum Gasteiger partial charge on any atom is 0.273 e. The van der Waals surface area contributed by atoms with E-state index in [1.54, 1.807) is 18.5 Å². The van der Waals surface area contributed by atoms with Crippen LogP contribution in [0.1, 0.15) is 34.7 Å². The van der Waals surface area contributed by atoms with Crippen molar-refractivity contribution in [2.24, 2.45) is 5.92 Å². The van der Waals surface area contributed by atoms with Crippen LogP contribution < -0.4 is 5.32 Å². The lowest BCUT2D eigenvalue weighted by molar-refractivity contribution is 0.0686. The number of nitrogens with zero attached hydrogens (tertiary/aromatic N) is 6. The van der Waals surface area contributed by atoms with Gasteiger partial charge in [-0.2, -0.15) is 5.10 Å². The van der Waals surface area contributed by atoms with Crippen molar-refractivity contribution in [3.8, 4) is 11.4 Å². The first kappa shape index (κ1) is 18.6. The number of rotatable bonds is 4. The molecule has 1 aliphatic carbocycles. The molecule has 1 saturated heterocycles. The number of likely N-dealkylation sites (tertiary alicyclic amines) is 1. The van der Waals surface area contributed by atoms with E-state index in [4.69, 9.17) is 0 Å². The molecule has 5 rings (SSSR count). The van der Waals surface area contributed by atoms with Crippen molar-refractivity contribution in [3.05, 3.63) is 59.8 Å². The third-order valence-electron chi connectivity index (χ3n) is 5.92. The monoisotopic (exact) mass is 401 g/mol. The summed E-state index contributed by atoms with van der Waals surface area (Å²) in [6.07, 6.45) is 5.37. The highest BCUT2D eigenvalue weighted by atomic mass is 16.2. The van der Waals surface area contributed by atoms with Gasteiger partial charge in [0.05, 0.1) is 17.3 Å². The quantitative estimate of drug-likeness (QED) is 0.718. The molecule has 8 heteroatoms. The van der Waals surface area contributed by atoms with E-state index in [1.165, 1.54) is 0 Å². The fourth-order valence-corrected chi connectivity index (χ4v) is 4.55. The number of fused-ring (bicyclic) bond motifs is 2. The summed E-state index contributed by atoms with van der Waals surface area (Å²) in [5.41, 5.74) is 2.77. The van der Waals surface area contributed by atoms with Crippen molar-refractivity contribution in [2.45, 2.75) is 38.8 Å². The predicted octanol–water partition coefficient (Wildman–Crippen LogP) is 2.66. The lowest BCUT2D eigenvalue weighted by Crippen LogP contribution is -2.48. The van der Waals surface area contributed by atoms with Crippen LogP contribution in [0.4, 0.5) is 5.82 Å². The maximum absolute atomic E-state index is 13.6. The van der Waals surface area contributed by atoms with E-state index >= 15 is 0 Å². The third-order valence-corrected chi connectivity index (χ3v) is 5.92. The summed E-state index contributed by atoms with van der Waals surface area (Å²) in [6, 6.07) is 9.68. The first-order valence-electron chi connectivity index (χ1n) is 10.2. The number of aromatic nitrogens is 5. The Kier molecular flexibility index (Phi) is 4.61. The van der Waals surface area contributed by atoms with Crippen molar-refractivity contribution in [1.82, 2.24) is 30.0 Å². The van der Waals surface area contributed by atoms with Gasteiger partial charge < -0.3 is 10.2 Å². The Hall–Kier alpha value is -3.42. The molecular formula is C22H23N7O. The lowest BCUT2D eigenvalue weighted by atomic mass is 10.0. The lowest BCUT2D eigenvalue weighted by Gasteiger charge is -2.34. The van der Waals surface area contributed by atoms with Gasteiger partial charge in [-0.05, 0) is 62.9 Å². The summed E-state index contributed by atoms with van der Waals surface area (Å²) in [4.78, 5) is 28.8. The standard InChI is InChI=1S/C22H23N7O/c1-13-4-6-16(21-23-8-3-9-24-21)20(25-13)22(30)29-12-15-10-17(18(29)11-15)26-19-7-5-14(2)27-28-19/h3-9,15,17-18H,10-12H2,1-2H3,(H,26,28). The molecule has 3 unspecified atom stereocenters. The number of hydrogen-bond acceptors (Lipinski definition) is 7. The molecule has 30 heavy (non-hydrogen) atoms. The van der Waals surface area contributed by atoms with Gasteiger partial charge in [-0.3, -0.25) is 4.79 Å². The molecule has 1 aliphatic heterocycles. The van der Waals surface area contributed by atoms with E-state index in [9.17, 15) is 4.79 Å². The van der Waals surface area contributed by atoms with E-state index in [0.717, 1.165) is 36.6 Å². The molecule has 8 nitrogen and oxygen atoms in total. The first-order chi connectivity index (χ1) is 14.6. The fourth-order valence-electron chi connectivity index (χ4n) is 4.55. The average molecular weight is 401 g/mol. The number of nitrogens with one attached hydrogen (secondary N) is 1. The Morgan fingerprint density at radius 2 is 1.83 bits per heavy atom. The van der Waals surface area contributed by atoms with E-state index in [1.807, 2.05) is 43.0 Å². The van der Waals surface area contributed by atoms with Crippen LogP contribution in [-0.4, -0.2) is 54.6 Å². The van der Waals surface area contributed by atoms with Crippen molar-refractivity contribution >= 4 is 11.7 Å². The van der Waals surface area contributed by atoms with Gasteiger partial charge in [0, 0.05) is 30.7 Å².